The first-order valence-electron chi connectivity index (χ1n) is 7.64. The second-order valence-corrected chi connectivity index (χ2v) is 5.76. The van der Waals surface area contributed by atoms with Gasteiger partial charge in [-0.05, 0) is 44.4 Å². The molecule has 7 nitrogen and oxygen atoms in total. The van der Waals surface area contributed by atoms with Crippen molar-refractivity contribution in [3.8, 4) is 0 Å². The summed E-state index contributed by atoms with van der Waals surface area (Å²) in [6, 6.07) is 6.36. The fourth-order valence-electron chi connectivity index (χ4n) is 2.04. The Morgan fingerprint density at radius 1 is 1.30 bits per heavy atom. The molecule has 1 atom stereocenters. The zero-order valence-electron chi connectivity index (χ0n) is 13.0. The number of anilines is 1. The Morgan fingerprint density at radius 2 is 2.04 bits per heavy atom. The van der Waals surface area contributed by atoms with Gasteiger partial charge in [0.1, 0.15) is 0 Å². The van der Waals surface area contributed by atoms with Crippen molar-refractivity contribution in [2.45, 2.75) is 44.7 Å². The highest BCUT2D eigenvalue weighted by molar-refractivity contribution is 5.97. The Kier molecular flexibility index (Phi) is 5.56. The first kappa shape index (κ1) is 16.8. The Hall–Kier alpha value is -2.57. The first-order valence-corrected chi connectivity index (χ1v) is 7.64. The number of urea groups is 1. The van der Waals surface area contributed by atoms with Gasteiger partial charge in [-0.3, -0.25) is 9.59 Å². The Bertz CT molecular complexity index is 599. The van der Waals surface area contributed by atoms with Gasteiger partial charge >= 0.3 is 12.0 Å². The standard InChI is InChI=1S/C16H21N3O4/c1-10(5-8-14(20)21)17-15(22)11-3-2-4-13(9-11)19-16(23)18-12-6-7-12/h2-4,9-10,12H,5-8H2,1H3,(H,17,22)(H,20,21)(H2,18,19,23). The van der Waals surface area contributed by atoms with E-state index in [9.17, 15) is 14.4 Å². The normalized spacial score (nSPS) is 14.7. The van der Waals surface area contributed by atoms with Gasteiger partial charge in [-0.15, -0.1) is 0 Å². The van der Waals surface area contributed by atoms with Crippen LogP contribution in [0.25, 0.3) is 0 Å². The topological polar surface area (TPSA) is 108 Å². The molecule has 0 saturated heterocycles. The van der Waals surface area contributed by atoms with Crippen molar-refractivity contribution in [1.82, 2.24) is 10.6 Å². The number of hydrogen-bond donors (Lipinski definition) is 4. The number of carbonyl (C=O) groups is 3. The summed E-state index contributed by atoms with van der Waals surface area (Å²) in [5, 5.41) is 16.9. The summed E-state index contributed by atoms with van der Waals surface area (Å²) in [4.78, 5) is 34.4. The highest BCUT2D eigenvalue weighted by Gasteiger charge is 2.23. The van der Waals surface area contributed by atoms with Crippen LogP contribution in [-0.2, 0) is 4.79 Å². The van der Waals surface area contributed by atoms with E-state index in [1.165, 1.54) is 0 Å². The molecular formula is C16H21N3O4. The second kappa shape index (κ2) is 7.62. The van der Waals surface area contributed by atoms with Gasteiger partial charge in [0.2, 0.25) is 0 Å². The molecule has 23 heavy (non-hydrogen) atoms. The number of carboxylic acids is 1. The highest BCUT2D eigenvalue weighted by atomic mass is 16.4. The van der Waals surface area contributed by atoms with Crippen molar-refractivity contribution in [3.05, 3.63) is 29.8 Å². The molecule has 3 amide bonds. The number of amides is 3. The maximum Gasteiger partial charge on any atom is 0.319 e. The van der Waals surface area contributed by atoms with Crippen molar-refractivity contribution in [1.29, 1.82) is 0 Å². The van der Waals surface area contributed by atoms with Gasteiger partial charge in [-0.1, -0.05) is 6.07 Å². The molecule has 1 unspecified atom stereocenters. The molecule has 0 aromatic heterocycles. The van der Waals surface area contributed by atoms with Gasteiger partial charge in [0.25, 0.3) is 5.91 Å². The molecule has 1 aromatic carbocycles. The van der Waals surface area contributed by atoms with Crippen LogP contribution in [0.5, 0.6) is 0 Å². The Labute approximate surface area is 134 Å². The molecule has 1 saturated carbocycles. The lowest BCUT2D eigenvalue weighted by atomic mass is 10.1. The fourth-order valence-corrected chi connectivity index (χ4v) is 2.04. The van der Waals surface area contributed by atoms with Crippen molar-refractivity contribution >= 4 is 23.6 Å². The Balaban J connectivity index is 1.88. The number of hydrogen-bond acceptors (Lipinski definition) is 3. The molecule has 4 N–H and O–H groups in total. The number of rotatable bonds is 7. The summed E-state index contributed by atoms with van der Waals surface area (Å²) >= 11 is 0. The highest BCUT2D eigenvalue weighted by Crippen LogP contribution is 2.19. The van der Waals surface area contributed by atoms with Crippen LogP contribution in [-0.4, -0.2) is 35.1 Å². The molecule has 0 spiro atoms. The monoisotopic (exact) mass is 319 g/mol. The van der Waals surface area contributed by atoms with Gasteiger partial charge in [0.15, 0.2) is 0 Å². The van der Waals surface area contributed by atoms with Crippen LogP contribution in [0.2, 0.25) is 0 Å². The molecule has 1 aliphatic rings. The average molecular weight is 319 g/mol. The van der Waals surface area contributed by atoms with Crippen molar-refractivity contribution in [2.75, 3.05) is 5.32 Å². The summed E-state index contributed by atoms with van der Waals surface area (Å²) in [5.74, 6) is -1.19. The van der Waals surface area contributed by atoms with Gasteiger partial charge in [-0.25, -0.2) is 4.79 Å². The molecule has 0 radical (unpaired) electrons. The molecule has 0 aliphatic heterocycles. The molecular weight excluding hydrogens is 298 g/mol. The Morgan fingerprint density at radius 3 is 2.70 bits per heavy atom. The number of carboxylic acid groups (broad SMARTS) is 1. The van der Waals surface area contributed by atoms with Crippen LogP contribution in [0.15, 0.2) is 24.3 Å². The minimum absolute atomic E-state index is 0.00435. The van der Waals surface area contributed by atoms with Crippen LogP contribution in [0, 0.1) is 0 Å². The molecule has 1 aromatic rings. The minimum atomic E-state index is -0.890. The molecule has 1 fully saturated rings. The van der Waals surface area contributed by atoms with E-state index in [0.29, 0.717) is 17.7 Å². The van der Waals surface area contributed by atoms with Crippen LogP contribution in [0.3, 0.4) is 0 Å². The predicted octanol–water partition coefficient (Wildman–Crippen LogP) is 1.95. The average Bonchev–Trinajstić information content (AvgIpc) is 3.29. The zero-order chi connectivity index (χ0) is 16.8. The number of benzene rings is 1. The molecule has 1 aliphatic carbocycles. The largest absolute Gasteiger partial charge is 0.481 e. The van der Waals surface area contributed by atoms with Gasteiger partial charge < -0.3 is 21.1 Å². The molecule has 2 rings (SSSR count). The SMILES string of the molecule is CC(CCC(=O)O)NC(=O)c1cccc(NC(=O)NC2CC2)c1. The number of nitrogens with one attached hydrogen (secondary N) is 3. The van der Waals surface area contributed by atoms with E-state index in [-0.39, 0.29) is 30.4 Å². The van der Waals surface area contributed by atoms with Crippen LogP contribution in [0.1, 0.15) is 43.0 Å². The van der Waals surface area contributed by atoms with Crippen molar-refractivity contribution in [2.24, 2.45) is 0 Å². The third-order valence-electron chi connectivity index (χ3n) is 3.46. The summed E-state index contributed by atoms with van der Waals surface area (Å²) in [6.45, 7) is 1.76. The van der Waals surface area contributed by atoms with E-state index in [2.05, 4.69) is 16.0 Å². The molecule has 0 heterocycles. The lowest BCUT2D eigenvalue weighted by Crippen LogP contribution is -2.33. The van der Waals surface area contributed by atoms with Crippen LogP contribution < -0.4 is 16.0 Å². The minimum Gasteiger partial charge on any atom is -0.481 e. The molecule has 7 heteroatoms. The first-order chi connectivity index (χ1) is 10.9. The number of carbonyl (C=O) groups excluding carboxylic acids is 2. The van der Waals surface area contributed by atoms with E-state index < -0.39 is 5.97 Å². The summed E-state index contributed by atoms with van der Waals surface area (Å²) < 4.78 is 0. The van der Waals surface area contributed by atoms with E-state index in [1.54, 1.807) is 31.2 Å². The maximum absolute atomic E-state index is 12.1. The van der Waals surface area contributed by atoms with E-state index in [4.69, 9.17) is 5.11 Å². The summed E-state index contributed by atoms with van der Waals surface area (Å²) in [7, 11) is 0. The fraction of sp³-hybridized carbons (Fsp3) is 0.438. The summed E-state index contributed by atoms with van der Waals surface area (Å²) in [6.07, 6.45) is 2.38. The van der Waals surface area contributed by atoms with Crippen molar-refractivity contribution in [3.63, 3.8) is 0 Å². The van der Waals surface area contributed by atoms with E-state index in [0.717, 1.165) is 12.8 Å². The predicted molar refractivity (Wildman–Crippen MR) is 85.4 cm³/mol. The zero-order valence-corrected chi connectivity index (χ0v) is 13.0. The lowest BCUT2D eigenvalue weighted by Gasteiger charge is -2.13. The maximum atomic E-state index is 12.1. The van der Waals surface area contributed by atoms with Gasteiger partial charge in [-0.2, -0.15) is 0 Å². The van der Waals surface area contributed by atoms with Crippen molar-refractivity contribution < 1.29 is 19.5 Å². The molecule has 0 bridgehead atoms. The third-order valence-corrected chi connectivity index (χ3v) is 3.46. The smallest absolute Gasteiger partial charge is 0.319 e. The van der Waals surface area contributed by atoms with Crippen LogP contribution in [0.4, 0.5) is 10.5 Å². The summed E-state index contributed by atoms with van der Waals surface area (Å²) in [5.41, 5.74) is 0.949. The van der Waals surface area contributed by atoms with E-state index in [1.807, 2.05) is 0 Å². The third kappa shape index (κ3) is 5.98. The second-order valence-electron chi connectivity index (χ2n) is 5.76. The number of aliphatic carboxylic acids is 1. The van der Waals surface area contributed by atoms with E-state index >= 15 is 0 Å². The van der Waals surface area contributed by atoms with Gasteiger partial charge in [0.05, 0.1) is 0 Å². The van der Waals surface area contributed by atoms with Crippen LogP contribution >= 0.6 is 0 Å². The quantitative estimate of drug-likeness (QED) is 0.616. The molecule has 124 valence electrons. The van der Waals surface area contributed by atoms with Gasteiger partial charge in [0, 0.05) is 29.8 Å². The lowest BCUT2D eigenvalue weighted by molar-refractivity contribution is -0.137.